The molecule has 0 radical (unpaired) electrons. The Morgan fingerprint density at radius 3 is 2.45 bits per heavy atom. The van der Waals surface area contributed by atoms with Gasteiger partial charge in [-0.2, -0.15) is 0 Å². The SMILES string of the molecule is COc1cc2ncnc(NCCN(C)C)c2cc1OC. The molecule has 0 amide bonds. The zero-order valence-corrected chi connectivity index (χ0v) is 12.3. The molecule has 0 aliphatic carbocycles. The number of nitrogens with zero attached hydrogens (tertiary/aromatic N) is 3. The van der Waals surface area contributed by atoms with Gasteiger partial charge in [-0.25, -0.2) is 9.97 Å². The number of anilines is 1. The van der Waals surface area contributed by atoms with E-state index < -0.39 is 0 Å². The van der Waals surface area contributed by atoms with E-state index in [9.17, 15) is 0 Å². The van der Waals surface area contributed by atoms with Gasteiger partial charge >= 0.3 is 0 Å². The van der Waals surface area contributed by atoms with Crippen molar-refractivity contribution in [2.45, 2.75) is 0 Å². The van der Waals surface area contributed by atoms with Crippen LogP contribution in [0.15, 0.2) is 18.5 Å². The molecule has 6 heteroatoms. The predicted molar refractivity (Wildman–Crippen MR) is 79.7 cm³/mol. The molecule has 2 aromatic rings. The van der Waals surface area contributed by atoms with Gasteiger partial charge in [0.25, 0.3) is 0 Å². The fourth-order valence-corrected chi connectivity index (χ4v) is 1.92. The molecule has 6 nitrogen and oxygen atoms in total. The predicted octanol–water partition coefficient (Wildman–Crippen LogP) is 1.62. The molecule has 1 heterocycles. The van der Waals surface area contributed by atoms with E-state index in [-0.39, 0.29) is 0 Å². The molecule has 0 fully saturated rings. The van der Waals surface area contributed by atoms with E-state index in [0.29, 0.717) is 11.5 Å². The van der Waals surface area contributed by atoms with Crippen LogP contribution in [0.2, 0.25) is 0 Å². The standard InChI is InChI=1S/C14H20N4O2/c1-18(2)6-5-15-14-10-7-12(19-3)13(20-4)8-11(10)16-9-17-14/h7-9H,5-6H2,1-4H3,(H,15,16,17). The molecule has 0 aliphatic rings. The summed E-state index contributed by atoms with van der Waals surface area (Å²) < 4.78 is 10.6. The summed E-state index contributed by atoms with van der Waals surface area (Å²) in [6, 6.07) is 3.75. The summed E-state index contributed by atoms with van der Waals surface area (Å²) in [7, 11) is 7.30. The monoisotopic (exact) mass is 276 g/mol. The molecule has 0 saturated heterocycles. The highest BCUT2D eigenvalue weighted by Crippen LogP contribution is 2.33. The van der Waals surface area contributed by atoms with Crippen molar-refractivity contribution in [3.05, 3.63) is 18.5 Å². The summed E-state index contributed by atoms with van der Waals surface area (Å²) in [5.41, 5.74) is 0.824. The van der Waals surface area contributed by atoms with E-state index in [4.69, 9.17) is 9.47 Å². The summed E-state index contributed by atoms with van der Waals surface area (Å²) in [5, 5.41) is 4.24. The van der Waals surface area contributed by atoms with Crippen molar-refractivity contribution in [3.63, 3.8) is 0 Å². The van der Waals surface area contributed by atoms with Crippen molar-refractivity contribution in [2.75, 3.05) is 46.7 Å². The maximum absolute atomic E-state index is 5.33. The Bertz CT molecular complexity index is 587. The Balaban J connectivity index is 2.35. The number of nitrogens with one attached hydrogen (secondary N) is 1. The number of ether oxygens (including phenoxy) is 2. The van der Waals surface area contributed by atoms with Gasteiger partial charge in [0.05, 0.1) is 19.7 Å². The van der Waals surface area contributed by atoms with Crippen LogP contribution in [0.3, 0.4) is 0 Å². The third-order valence-electron chi connectivity index (χ3n) is 2.99. The van der Waals surface area contributed by atoms with E-state index in [1.807, 2.05) is 26.2 Å². The molecule has 1 aromatic carbocycles. The first-order valence-electron chi connectivity index (χ1n) is 6.41. The number of rotatable bonds is 6. The summed E-state index contributed by atoms with van der Waals surface area (Å²) in [6.07, 6.45) is 1.55. The molecule has 0 bridgehead atoms. The normalized spacial score (nSPS) is 10.8. The van der Waals surface area contributed by atoms with Gasteiger partial charge in [0.2, 0.25) is 0 Å². The quantitative estimate of drug-likeness (QED) is 0.865. The molecule has 2 rings (SSSR count). The molecule has 0 atom stereocenters. The second kappa shape index (κ2) is 6.38. The number of methoxy groups -OCH3 is 2. The minimum atomic E-state index is 0.665. The van der Waals surface area contributed by atoms with Crippen molar-refractivity contribution in [2.24, 2.45) is 0 Å². The molecule has 1 aromatic heterocycles. The fraction of sp³-hybridized carbons (Fsp3) is 0.429. The topological polar surface area (TPSA) is 59.5 Å². The van der Waals surface area contributed by atoms with E-state index >= 15 is 0 Å². The maximum Gasteiger partial charge on any atom is 0.162 e. The van der Waals surface area contributed by atoms with E-state index in [1.54, 1.807) is 20.5 Å². The highest BCUT2D eigenvalue weighted by atomic mass is 16.5. The van der Waals surface area contributed by atoms with Crippen LogP contribution < -0.4 is 14.8 Å². The molecule has 108 valence electrons. The van der Waals surface area contributed by atoms with Crippen LogP contribution in [0.5, 0.6) is 11.5 Å². The van der Waals surface area contributed by atoms with Gasteiger partial charge in [-0.15, -0.1) is 0 Å². The Morgan fingerprint density at radius 2 is 1.80 bits per heavy atom. The lowest BCUT2D eigenvalue weighted by Gasteiger charge is -2.13. The third-order valence-corrected chi connectivity index (χ3v) is 2.99. The number of likely N-dealkylation sites (N-methyl/N-ethyl adjacent to an activating group) is 1. The fourth-order valence-electron chi connectivity index (χ4n) is 1.92. The lowest BCUT2D eigenvalue weighted by molar-refractivity contribution is 0.356. The maximum atomic E-state index is 5.33. The van der Waals surface area contributed by atoms with E-state index in [0.717, 1.165) is 29.8 Å². The highest BCUT2D eigenvalue weighted by Gasteiger charge is 2.10. The van der Waals surface area contributed by atoms with Crippen LogP contribution in [0, 0.1) is 0 Å². The van der Waals surface area contributed by atoms with Crippen molar-refractivity contribution >= 4 is 16.7 Å². The van der Waals surface area contributed by atoms with Crippen molar-refractivity contribution in [1.82, 2.24) is 14.9 Å². The molecule has 0 aliphatic heterocycles. The Labute approximate surface area is 118 Å². The molecular formula is C14H20N4O2. The van der Waals surface area contributed by atoms with Gasteiger partial charge in [-0.1, -0.05) is 0 Å². The number of fused-ring (bicyclic) bond motifs is 1. The zero-order chi connectivity index (χ0) is 14.5. The summed E-state index contributed by atoms with van der Waals surface area (Å²) >= 11 is 0. The van der Waals surface area contributed by atoms with Crippen LogP contribution in [-0.2, 0) is 0 Å². The highest BCUT2D eigenvalue weighted by molar-refractivity contribution is 5.91. The van der Waals surface area contributed by atoms with Gasteiger partial charge in [-0.05, 0) is 20.2 Å². The summed E-state index contributed by atoms with van der Waals surface area (Å²) in [5.74, 6) is 2.14. The molecular weight excluding hydrogens is 256 g/mol. The van der Waals surface area contributed by atoms with Crippen LogP contribution in [0.1, 0.15) is 0 Å². The number of hydrogen-bond acceptors (Lipinski definition) is 6. The second-order valence-corrected chi connectivity index (χ2v) is 4.68. The van der Waals surface area contributed by atoms with Gasteiger partial charge in [0.1, 0.15) is 12.1 Å². The Morgan fingerprint density at radius 1 is 1.10 bits per heavy atom. The molecule has 0 saturated carbocycles. The first-order chi connectivity index (χ1) is 9.65. The second-order valence-electron chi connectivity index (χ2n) is 4.68. The van der Waals surface area contributed by atoms with Crippen molar-refractivity contribution in [1.29, 1.82) is 0 Å². The first kappa shape index (κ1) is 14.3. The van der Waals surface area contributed by atoms with Gasteiger partial charge in [0, 0.05) is 24.5 Å². The lowest BCUT2D eigenvalue weighted by atomic mass is 10.2. The average molecular weight is 276 g/mol. The van der Waals surface area contributed by atoms with Crippen LogP contribution in [-0.4, -0.2) is 56.3 Å². The van der Waals surface area contributed by atoms with Gasteiger partial charge in [-0.3, -0.25) is 0 Å². The molecule has 0 spiro atoms. The zero-order valence-electron chi connectivity index (χ0n) is 12.3. The van der Waals surface area contributed by atoms with Crippen molar-refractivity contribution < 1.29 is 9.47 Å². The van der Waals surface area contributed by atoms with Gasteiger partial charge in [0.15, 0.2) is 11.5 Å². The number of aromatic nitrogens is 2. The number of hydrogen-bond donors (Lipinski definition) is 1. The van der Waals surface area contributed by atoms with Crippen molar-refractivity contribution in [3.8, 4) is 11.5 Å². The average Bonchev–Trinajstić information content (AvgIpc) is 2.45. The first-order valence-corrected chi connectivity index (χ1v) is 6.41. The Hall–Kier alpha value is -2.08. The third kappa shape index (κ3) is 3.08. The van der Waals surface area contributed by atoms with Crippen LogP contribution in [0.4, 0.5) is 5.82 Å². The molecule has 20 heavy (non-hydrogen) atoms. The number of benzene rings is 1. The van der Waals surface area contributed by atoms with Crippen LogP contribution >= 0.6 is 0 Å². The van der Waals surface area contributed by atoms with Crippen LogP contribution in [0.25, 0.3) is 10.9 Å². The largest absolute Gasteiger partial charge is 0.493 e. The molecule has 1 N–H and O–H groups in total. The van der Waals surface area contributed by atoms with E-state index in [1.165, 1.54) is 0 Å². The minimum Gasteiger partial charge on any atom is -0.493 e. The Kier molecular flexibility index (Phi) is 4.57. The molecule has 0 unspecified atom stereocenters. The van der Waals surface area contributed by atoms with E-state index in [2.05, 4.69) is 20.2 Å². The lowest BCUT2D eigenvalue weighted by Crippen LogP contribution is -2.21. The summed E-state index contributed by atoms with van der Waals surface area (Å²) in [6.45, 7) is 1.74. The van der Waals surface area contributed by atoms with Gasteiger partial charge < -0.3 is 19.7 Å². The summed E-state index contributed by atoms with van der Waals surface area (Å²) in [4.78, 5) is 10.7. The minimum absolute atomic E-state index is 0.665. The smallest absolute Gasteiger partial charge is 0.162 e.